The number of fused-ring (bicyclic) bond motifs is 1. The van der Waals surface area contributed by atoms with E-state index in [1.807, 2.05) is 63.5 Å². The molecule has 0 saturated heterocycles. The minimum absolute atomic E-state index is 0.840. The van der Waals surface area contributed by atoms with Crippen LogP contribution < -0.4 is 14.8 Å². The van der Waals surface area contributed by atoms with Crippen LogP contribution in [0.5, 0.6) is 11.5 Å². The minimum atomic E-state index is 0.840. The van der Waals surface area contributed by atoms with Crippen molar-refractivity contribution in [1.82, 2.24) is 5.32 Å². The minimum Gasteiger partial charge on any atom is -0.497 e. The number of nitrogens with one attached hydrogen (secondary N) is 1. The highest BCUT2D eigenvalue weighted by Crippen LogP contribution is 2.32. The van der Waals surface area contributed by atoms with E-state index in [0.29, 0.717) is 0 Å². The number of hydrogen-bond donors (Lipinski definition) is 1. The van der Waals surface area contributed by atoms with Gasteiger partial charge in [0.15, 0.2) is 0 Å². The van der Waals surface area contributed by atoms with Gasteiger partial charge in [0.1, 0.15) is 11.5 Å². The van der Waals surface area contributed by atoms with E-state index in [2.05, 4.69) is 53.6 Å². The largest absolute Gasteiger partial charge is 0.497 e. The summed E-state index contributed by atoms with van der Waals surface area (Å²) in [6.45, 7) is 6.97. The highest BCUT2D eigenvalue weighted by atomic mass is 16.5. The molecule has 0 saturated carbocycles. The van der Waals surface area contributed by atoms with Gasteiger partial charge in [-0.1, -0.05) is 56.3 Å². The standard InChI is InChI=1S/C16H19NO2.C11H11N.C2H6/c1-17-11-12-4-9-16(19-3)15(10-12)13-5-7-14(18-2)8-6-13;1-9-5-4-8-12-11-7-3-2-6-10(9)11;1-2/h4-10,17H,11H2,1-3H3;2-3,5-8H,4H2,1H3;1-2H3. The average molecular weight is 445 g/mol. The molecule has 0 atom stereocenters. The molecule has 33 heavy (non-hydrogen) atoms. The van der Waals surface area contributed by atoms with Crippen molar-refractivity contribution in [3.05, 3.63) is 83.9 Å². The van der Waals surface area contributed by atoms with E-state index >= 15 is 0 Å². The second-order valence-corrected chi connectivity index (χ2v) is 7.25. The van der Waals surface area contributed by atoms with Gasteiger partial charge in [-0.05, 0) is 61.0 Å². The molecule has 0 fully saturated rings. The molecule has 1 aliphatic heterocycles. The van der Waals surface area contributed by atoms with Crippen molar-refractivity contribution in [2.24, 2.45) is 4.99 Å². The van der Waals surface area contributed by atoms with Crippen molar-refractivity contribution < 1.29 is 9.47 Å². The maximum Gasteiger partial charge on any atom is 0.126 e. The molecule has 1 heterocycles. The Morgan fingerprint density at radius 2 is 1.61 bits per heavy atom. The van der Waals surface area contributed by atoms with Crippen LogP contribution in [-0.2, 0) is 6.54 Å². The fourth-order valence-corrected chi connectivity index (χ4v) is 3.48. The predicted octanol–water partition coefficient (Wildman–Crippen LogP) is 7.31. The van der Waals surface area contributed by atoms with Gasteiger partial charge < -0.3 is 14.8 Å². The van der Waals surface area contributed by atoms with Crippen molar-refractivity contribution in [2.75, 3.05) is 21.3 Å². The van der Waals surface area contributed by atoms with Crippen molar-refractivity contribution in [2.45, 2.75) is 33.7 Å². The van der Waals surface area contributed by atoms with E-state index in [9.17, 15) is 0 Å². The van der Waals surface area contributed by atoms with E-state index in [0.717, 1.165) is 41.3 Å². The van der Waals surface area contributed by atoms with E-state index in [1.54, 1.807) is 14.2 Å². The second kappa shape index (κ2) is 13.9. The van der Waals surface area contributed by atoms with Crippen molar-refractivity contribution in [1.29, 1.82) is 0 Å². The van der Waals surface area contributed by atoms with E-state index in [-0.39, 0.29) is 0 Å². The Kier molecular flexibility index (Phi) is 10.9. The average Bonchev–Trinajstić information content (AvgIpc) is 3.07. The van der Waals surface area contributed by atoms with Crippen molar-refractivity contribution in [3.63, 3.8) is 0 Å². The van der Waals surface area contributed by atoms with Crippen molar-refractivity contribution in [3.8, 4) is 22.6 Å². The quantitative estimate of drug-likeness (QED) is 0.448. The number of hydrogen-bond acceptors (Lipinski definition) is 4. The summed E-state index contributed by atoms with van der Waals surface area (Å²) in [5, 5.41) is 3.16. The van der Waals surface area contributed by atoms with Crippen LogP contribution in [0.25, 0.3) is 16.7 Å². The van der Waals surface area contributed by atoms with Crippen LogP contribution in [0.1, 0.15) is 38.3 Å². The van der Waals surface area contributed by atoms with Gasteiger partial charge in [0.2, 0.25) is 0 Å². The van der Waals surface area contributed by atoms with Crippen LogP contribution in [0.2, 0.25) is 0 Å². The van der Waals surface area contributed by atoms with Gasteiger partial charge >= 0.3 is 0 Å². The van der Waals surface area contributed by atoms with Crippen LogP contribution in [0.4, 0.5) is 5.69 Å². The molecule has 1 aliphatic rings. The highest BCUT2D eigenvalue weighted by molar-refractivity contribution is 5.81. The molecule has 3 aromatic rings. The zero-order valence-electron chi connectivity index (χ0n) is 20.7. The van der Waals surface area contributed by atoms with Crippen LogP contribution in [-0.4, -0.2) is 27.5 Å². The first-order valence-corrected chi connectivity index (χ1v) is 11.4. The smallest absolute Gasteiger partial charge is 0.126 e. The van der Waals surface area contributed by atoms with E-state index < -0.39 is 0 Å². The van der Waals surface area contributed by atoms with Gasteiger partial charge in [-0.15, -0.1) is 0 Å². The molecule has 174 valence electrons. The lowest BCUT2D eigenvalue weighted by atomic mass is 10.0. The SMILES string of the molecule is CC.CC1=CCC=Nc2ccccc21.CNCc1ccc(OC)c(-c2ccc(OC)cc2)c1. The van der Waals surface area contributed by atoms with Crippen LogP contribution in [0.15, 0.2) is 77.8 Å². The lowest BCUT2D eigenvalue weighted by Gasteiger charge is -2.11. The topological polar surface area (TPSA) is 42.9 Å². The number of para-hydroxylation sites is 1. The number of rotatable bonds is 5. The molecular weight excluding hydrogens is 408 g/mol. The van der Waals surface area contributed by atoms with Gasteiger partial charge in [-0.25, -0.2) is 0 Å². The zero-order valence-corrected chi connectivity index (χ0v) is 20.7. The predicted molar refractivity (Wildman–Crippen MR) is 142 cm³/mol. The fraction of sp³-hybridized carbons (Fsp3) is 0.276. The monoisotopic (exact) mass is 444 g/mol. The molecule has 4 rings (SSSR count). The number of ether oxygens (including phenoxy) is 2. The number of benzene rings is 3. The summed E-state index contributed by atoms with van der Waals surface area (Å²) in [6, 6.07) is 22.5. The molecule has 3 aromatic carbocycles. The molecule has 0 radical (unpaired) electrons. The summed E-state index contributed by atoms with van der Waals surface area (Å²) in [5.41, 5.74) is 7.11. The third kappa shape index (κ3) is 7.33. The normalized spacial score (nSPS) is 11.5. The van der Waals surface area contributed by atoms with Gasteiger partial charge in [-0.3, -0.25) is 4.99 Å². The summed E-state index contributed by atoms with van der Waals surface area (Å²) < 4.78 is 10.6. The maximum atomic E-state index is 5.44. The third-order valence-corrected chi connectivity index (χ3v) is 5.13. The second-order valence-electron chi connectivity index (χ2n) is 7.25. The molecule has 0 aromatic heterocycles. The molecular formula is C29H36N2O2. The van der Waals surface area contributed by atoms with Gasteiger partial charge in [-0.2, -0.15) is 0 Å². The van der Waals surface area contributed by atoms with Crippen LogP contribution >= 0.6 is 0 Å². The molecule has 4 heteroatoms. The lowest BCUT2D eigenvalue weighted by molar-refractivity contribution is 0.414. The number of methoxy groups -OCH3 is 2. The fourth-order valence-electron chi connectivity index (χ4n) is 3.48. The summed E-state index contributed by atoms with van der Waals surface area (Å²) in [5.74, 6) is 1.74. The molecule has 0 bridgehead atoms. The highest BCUT2D eigenvalue weighted by Gasteiger charge is 2.07. The zero-order chi connectivity index (χ0) is 24.1. The van der Waals surface area contributed by atoms with Gasteiger partial charge in [0.05, 0.1) is 19.9 Å². The molecule has 0 aliphatic carbocycles. The van der Waals surface area contributed by atoms with Gasteiger partial charge in [0.25, 0.3) is 0 Å². The number of allylic oxidation sites excluding steroid dienone is 2. The molecule has 4 nitrogen and oxygen atoms in total. The number of nitrogens with zero attached hydrogens (tertiary/aromatic N) is 1. The first kappa shape index (κ1) is 25.9. The van der Waals surface area contributed by atoms with Crippen LogP contribution in [0, 0.1) is 0 Å². The Morgan fingerprint density at radius 1 is 0.879 bits per heavy atom. The lowest BCUT2D eigenvalue weighted by Crippen LogP contribution is -2.05. The third-order valence-electron chi connectivity index (χ3n) is 5.13. The molecule has 0 amide bonds. The Morgan fingerprint density at radius 3 is 2.27 bits per heavy atom. The molecule has 1 N–H and O–H groups in total. The van der Waals surface area contributed by atoms with Gasteiger partial charge in [0, 0.05) is 30.3 Å². The summed E-state index contributed by atoms with van der Waals surface area (Å²) in [4.78, 5) is 4.36. The first-order valence-electron chi connectivity index (χ1n) is 11.4. The summed E-state index contributed by atoms with van der Waals surface area (Å²) >= 11 is 0. The molecule has 0 unspecified atom stereocenters. The van der Waals surface area contributed by atoms with Crippen LogP contribution in [0.3, 0.4) is 0 Å². The molecule has 0 spiro atoms. The number of aliphatic imine (C=N–C) groups is 1. The summed E-state index contributed by atoms with van der Waals surface area (Å²) in [7, 11) is 5.31. The summed E-state index contributed by atoms with van der Waals surface area (Å²) in [6.07, 6.45) is 5.10. The Balaban J connectivity index is 0.000000236. The Bertz CT molecular complexity index is 1050. The van der Waals surface area contributed by atoms with E-state index in [4.69, 9.17) is 9.47 Å². The van der Waals surface area contributed by atoms with Crippen molar-refractivity contribution >= 4 is 17.5 Å². The van der Waals surface area contributed by atoms with E-state index in [1.165, 1.54) is 16.7 Å². The Labute approximate surface area is 199 Å². The maximum absolute atomic E-state index is 5.44. The first-order chi connectivity index (χ1) is 16.2. The Hall–Kier alpha value is -3.37.